The van der Waals surface area contributed by atoms with Crippen molar-refractivity contribution < 1.29 is 4.79 Å². The number of aryl methyl sites for hydroxylation is 1. The quantitative estimate of drug-likeness (QED) is 0.616. The molecule has 1 amide bonds. The lowest BCUT2D eigenvalue weighted by molar-refractivity contribution is -0.121. The highest BCUT2D eigenvalue weighted by molar-refractivity contribution is 8.26. The van der Waals surface area contributed by atoms with E-state index in [-0.39, 0.29) is 5.91 Å². The number of anilines is 1. The van der Waals surface area contributed by atoms with Crippen molar-refractivity contribution in [2.45, 2.75) is 19.8 Å². The summed E-state index contributed by atoms with van der Waals surface area (Å²) in [6.07, 6.45) is 4.51. The lowest BCUT2D eigenvalue weighted by Gasteiger charge is -2.18. The number of hydrogen-bond donors (Lipinski definition) is 0. The number of carbonyl (C=O) groups excluding carboxylic acids is 1. The maximum atomic E-state index is 12.0. The van der Waals surface area contributed by atoms with Crippen molar-refractivity contribution in [2.75, 3.05) is 25.0 Å². The van der Waals surface area contributed by atoms with E-state index < -0.39 is 0 Å². The molecule has 21 heavy (non-hydrogen) atoms. The molecule has 0 atom stereocenters. The van der Waals surface area contributed by atoms with Crippen LogP contribution in [0.25, 0.3) is 6.08 Å². The summed E-state index contributed by atoms with van der Waals surface area (Å²) in [6, 6.07) is 6.46. The number of thiocarbonyl (C=S) groups is 1. The first-order valence-electron chi connectivity index (χ1n) is 7.13. The smallest absolute Gasteiger partial charge is 0.265 e. The monoisotopic (exact) mass is 318 g/mol. The van der Waals surface area contributed by atoms with Gasteiger partial charge in [0.15, 0.2) is 0 Å². The van der Waals surface area contributed by atoms with Crippen molar-refractivity contribution >= 4 is 46.0 Å². The zero-order chi connectivity index (χ0) is 15.0. The molecule has 3 rings (SSSR count). The SMILES string of the molecule is Cc1cc(N2CCCC2)ccc1/C=C1\SC(=S)N(C)C1=O. The van der Waals surface area contributed by atoms with Crippen LogP contribution in [-0.4, -0.2) is 35.3 Å². The number of nitrogens with zero attached hydrogens (tertiary/aromatic N) is 2. The van der Waals surface area contributed by atoms with Gasteiger partial charge in [-0.15, -0.1) is 0 Å². The third kappa shape index (κ3) is 2.85. The van der Waals surface area contributed by atoms with Gasteiger partial charge >= 0.3 is 0 Å². The van der Waals surface area contributed by atoms with Crippen molar-refractivity contribution in [1.82, 2.24) is 4.90 Å². The Morgan fingerprint density at radius 2 is 2.00 bits per heavy atom. The van der Waals surface area contributed by atoms with Gasteiger partial charge in [-0.05, 0) is 49.1 Å². The number of thioether (sulfide) groups is 1. The van der Waals surface area contributed by atoms with Crippen molar-refractivity contribution in [3.63, 3.8) is 0 Å². The summed E-state index contributed by atoms with van der Waals surface area (Å²) >= 11 is 6.53. The topological polar surface area (TPSA) is 23.6 Å². The molecule has 1 aromatic carbocycles. The van der Waals surface area contributed by atoms with Crippen LogP contribution in [0.1, 0.15) is 24.0 Å². The summed E-state index contributed by atoms with van der Waals surface area (Å²) in [5, 5.41) is 0. The number of benzene rings is 1. The van der Waals surface area contributed by atoms with Crippen molar-refractivity contribution in [2.24, 2.45) is 0 Å². The molecule has 110 valence electrons. The van der Waals surface area contributed by atoms with Gasteiger partial charge in [0, 0.05) is 25.8 Å². The van der Waals surface area contributed by atoms with Gasteiger partial charge in [0.2, 0.25) is 0 Å². The van der Waals surface area contributed by atoms with Crippen molar-refractivity contribution in [3.8, 4) is 0 Å². The molecule has 1 aromatic rings. The second-order valence-electron chi connectivity index (χ2n) is 5.48. The highest BCUT2D eigenvalue weighted by Gasteiger charge is 2.28. The molecule has 5 heteroatoms. The number of carbonyl (C=O) groups is 1. The van der Waals surface area contributed by atoms with Gasteiger partial charge in [0.1, 0.15) is 4.32 Å². The Labute approximate surface area is 135 Å². The summed E-state index contributed by atoms with van der Waals surface area (Å²) in [5.74, 6) is -0.00646. The molecule has 0 saturated carbocycles. The summed E-state index contributed by atoms with van der Waals surface area (Å²) in [5.41, 5.74) is 3.57. The molecule has 0 spiro atoms. The fourth-order valence-electron chi connectivity index (χ4n) is 2.68. The Kier molecular flexibility index (Phi) is 4.04. The molecule has 2 aliphatic rings. The van der Waals surface area contributed by atoms with Gasteiger partial charge in [-0.2, -0.15) is 0 Å². The Hall–Kier alpha value is -1.33. The average Bonchev–Trinajstić information content (AvgIpc) is 3.07. The molecule has 0 aliphatic carbocycles. The fourth-order valence-corrected chi connectivity index (χ4v) is 3.85. The molecule has 0 aromatic heterocycles. The number of hydrogen-bond acceptors (Lipinski definition) is 4. The Balaban J connectivity index is 1.86. The van der Waals surface area contributed by atoms with Gasteiger partial charge in [0.05, 0.1) is 4.91 Å². The Morgan fingerprint density at radius 3 is 2.57 bits per heavy atom. The number of amides is 1. The summed E-state index contributed by atoms with van der Waals surface area (Å²) in [7, 11) is 1.72. The standard InChI is InChI=1S/C16H18N2OS2/c1-11-9-13(18-7-3-4-8-18)6-5-12(11)10-14-15(19)17(2)16(20)21-14/h5-6,9-10H,3-4,7-8H2,1-2H3/b14-10-. The van der Waals surface area contributed by atoms with E-state index >= 15 is 0 Å². The summed E-state index contributed by atoms with van der Waals surface area (Å²) < 4.78 is 0.623. The van der Waals surface area contributed by atoms with E-state index in [1.54, 1.807) is 7.05 Å². The summed E-state index contributed by atoms with van der Waals surface area (Å²) in [4.78, 5) is 16.7. The number of likely N-dealkylation sites (N-methyl/N-ethyl adjacent to an activating group) is 1. The summed E-state index contributed by atoms with van der Waals surface area (Å²) in [6.45, 7) is 4.39. The van der Waals surface area contributed by atoms with E-state index in [4.69, 9.17) is 12.2 Å². The molecule has 0 bridgehead atoms. The van der Waals surface area contributed by atoms with E-state index in [1.807, 2.05) is 6.08 Å². The predicted molar refractivity (Wildman–Crippen MR) is 93.6 cm³/mol. The minimum atomic E-state index is -0.00646. The first kappa shape index (κ1) is 14.6. The zero-order valence-corrected chi connectivity index (χ0v) is 13.9. The second kappa shape index (κ2) is 5.81. The third-order valence-electron chi connectivity index (χ3n) is 4.00. The van der Waals surface area contributed by atoms with E-state index in [0.29, 0.717) is 9.23 Å². The molecule has 3 nitrogen and oxygen atoms in total. The maximum absolute atomic E-state index is 12.0. The normalized spacial score (nSPS) is 21.0. The van der Waals surface area contributed by atoms with E-state index in [9.17, 15) is 4.79 Å². The van der Waals surface area contributed by atoms with Crippen LogP contribution in [0.5, 0.6) is 0 Å². The van der Waals surface area contributed by atoms with Gasteiger partial charge in [-0.1, -0.05) is 30.0 Å². The van der Waals surface area contributed by atoms with Crippen LogP contribution in [-0.2, 0) is 4.79 Å². The van der Waals surface area contributed by atoms with Crippen LogP contribution in [0.15, 0.2) is 23.1 Å². The molecular formula is C16H18N2OS2. The van der Waals surface area contributed by atoms with E-state index in [1.165, 1.54) is 40.8 Å². The van der Waals surface area contributed by atoms with Crippen molar-refractivity contribution in [1.29, 1.82) is 0 Å². The molecule has 0 radical (unpaired) electrons. The molecule has 2 saturated heterocycles. The van der Waals surface area contributed by atoms with Crippen LogP contribution in [0.4, 0.5) is 5.69 Å². The fraction of sp³-hybridized carbons (Fsp3) is 0.375. The highest BCUT2D eigenvalue weighted by Crippen LogP contribution is 2.32. The minimum absolute atomic E-state index is 0.00646. The van der Waals surface area contributed by atoms with Crippen LogP contribution in [0, 0.1) is 6.92 Å². The van der Waals surface area contributed by atoms with Crippen LogP contribution >= 0.6 is 24.0 Å². The van der Waals surface area contributed by atoms with Crippen LogP contribution < -0.4 is 4.90 Å². The zero-order valence-electron chi connectivity index (χ0n) is 12.3. The van der Waals surface area contributed by atoms with Gasteiger partial charge < -0.3 is 4.90 Å². The Morgan fingerprint density at radius 1 is 1.29 bits per heavy atom. The molecule has 2 aliphatic heterocycles. The molecule has 2 heterocycles. The second-order valence-corrected chi connectivity index (χ2v) is 7.15. The highest BCUT2D eigenvalue weighted by atomic mass is 32.2. The first-order chi connectivity index (χ1) is 10.1. The van der Waals surface area contributed by atoms with Crippen LogP contribution in [0.2, 0.25) is 0 Å². The molecular weight excluding hydrogens is 300 g/mol. The van der Waals surface area contributed by atoms with Gasteiger partial charge in [-0.3, -0.25) is 9.69 Å². The Bertz CT molecular complexity index is 633. The van der Waals surface area contributed by atoms with Crippen LogP contribution in [0.3, 0.4) is 0 Å². The molecule has 2 fully saturated rings. The number of rotatable bonds is 2. The van der Waals surface area contributed by atoms with Gasteiger partial charge in [0.25, 0.3) is 5.91 Å². The van der Waals surface area contributed by atoms with E-state index in [0.717, 1.165) is 18.7 Å². The molecule has 0 N–H and O–H groups in total. The average molecular weight is 318 g/mol. The molecule has 0 unspecified atom stereocenters. The van der Waals surface area contributed by atoms with E-state index in [2.05, 4.69) is 30.0 Å². The van der Waals surface area contributed by atoms with Gasteiger partial charge in [-0.25, -0.2) is 0 Å². The van der Waals surface area contributed by atoms with Crippen molar-refractivity contribution in [3.05, 3.63) is 34.2 Å². The maximum Gasteiger partial charge on any atom is 0.265 e. The lowest BCUT2D eigenvalue weighted by Crippen LogP contribution is -2.22. The first-order valence-corrected chi connectivity index (χ1v) is 8.36. The third-order valence-corrected chi connectivity index (χ3v) is 5.48. The predicted octanol–water partition coefficient (Wildman–Crippen LogP) is 3.43. The minimum Gasteiger partial charge on any atom is -0.372 e. The lowest BCUT2D eigenvalue weighted by atomic mass is 10.1. The largest absolute Gasteiger partial charge is 0.372 e.